The van der Waals surface area contributed by atoms with E-state index in [1.165, 1.54) is 0 Å². The Morgan fingerprint density at radius 1 is 1.33 bits per heavy atom. The lowest BCUT2D eigenvalue weighted by Gasteiger charge is -2.35. The zero-order valence-corrected chi connectivity index (χ0v) is 14.6. The van der Waals surface area contributed by atoms with Crippen LogP contribution in [0.1, 0.15) is 18.7 Å². The number of aromatic nitrogens is 2. The minimum Gasteiger partial charge on any atom is -0.389 e. The first-order chi connectivity index (χ1) is 11.7. The van der Waals surface area contributed by atoms with Crippen LogP contribution in [0.3, 0.4) is 0 Å². The van der Waals surface area contributed by atoms with Gasteiger partial charge in [0.05, 0.1) is 32.0 Å². The summed E-state index contributed by atoms with van der Waals surface area (Å²) in [7, 11) is 2.03. The molecule has 0 aromatic carbocycles. The summed E-state index contributed by atoms with van der Waals surface area (Å²) in [6, 6.07) is 0. The van der Waals surface area contributed by atoms with Gasteiger partial charge in [0, 0.05) is 58.8 Å². The molecule has 2 fully saturated rings. The van der Waals surface area contributed by atoms with Gasteiger partial charge in [-0.3, -0.25) is 9.80 Å². The lowest BCUT2D eigenvalue weighted by Crippen LogP contribution is -2.48. The van der Waals surface area contributed by atoms with Crippen LogP contribution < -0.4 is 0 Å². The molecule has 7 heteroatoms. The van der Waals surface area contributed by atoms with Crippen LogP contribution in [0.4, 0.5) is 0 Å². The van der Waals surface area contributed by atoms with E-state index >= 15 is 0 Å². The number of ether oxygens (including phenoxy) is 2. The summed E-state index contributed by atoms with van der Waals surface area (Å²) in [6.45, 7) is 7.40. The molecule has 136 valence electrons. The maximum absolute atomic E-state index is 10.2. The number of piperazine rings is 1. The fraction of sp³-hybridized carbons (Fsp3) is 0.824. The Kier molecular flexibility index (Phi) is 6.62. The summed E-state index contributed by atoms with van der Waals surface area (Å²) in [4.78, 5) is 9.11. The molecule has 3 rings (SSSR count). The first kappa shape index (κ1) is 17.8. The highest BCUT2D eigenvalue weighted by Crippen LogP contribution is 2.12. The third-order valence-corrected chi connectivity index (χ3v) is 4.86. The topological polar surface area (TPSA) is 63.0 Å². The van der Waals surface area contributed by atoms with Crippen LogP contribution in [0.5, 0.6) is 0 Å². The fourth-order valence-electron chi connectivity index (χ4n) is 3.34. The van der Waals surface area contributed by atoms with Gasteiger partial charge in [-0.05, 0) is 12.8 Å². The number of aryl methyl sites for hydroxylation is 1. The van der Waals surface area contributed by atoms with Crippen LogP contribution in [0.2, 0.25) is 0 Å². The van der Waals surface area contributed by atoms with E-state index in [1.54, 1.807) is 0 Å². The van der Waals surface area contributed by atoms with Crippen molar-refractivity contribution in [3.8, 4) is 0 Å². The van der Waals surface area contributed by atoms with Gasteiger partial charge in [-0.15, -0.1) is 0 Å². The minimum atomic E-state index is -0.424. The Labute approximate surface area is 144 Å². The molecule has 1 aromatic rings. The van der Waals surface area contributed by atoms with Crippen LogP contribution in [-0.2, 0) is 23.1 Å². The number of rotatable bonds is 8. The molecule has 2 saturated heterocycles. The molecule has 0 spiro atoms. The van der Waals surface area contributed by atoms with Crippen molar-refractivity contribution in [3.63, 3.8) is 0 Å². The molecule has 2 aliphatic heterocycles. The molecular weight excluding hydrogens is 308 g/mol. The molecular formula is C17H30N4O3. The number of aliphatic hydroxyl groups is 1. The zero-order valence-electron chi connectivity index (χ0n) is 14.6. The summed E-state index contributed by atoms with van der Waals surface area (Å²) in [5.41, 5.74) is 0. The van der Waals surface area contributed by atoms with Crippen molar-refractivity contribution in [2.24, 2.45) is 7.05 Å². The Hall–Kier alpha value is -0.990. The Morgan fingerprint density at radius 2 is 2.12 bits per heavy atom. The number of aliphatic hydroxyl groups excluding tert-OH is 1. The summed E-state index contributed by atoms with van der Waals surface area (Å²) >= 11 is 0. The second-order valence-electron chi connectivity index (χ2n) is 6.86. The van der Waals surface area contributed by atoms with E-state index in [0.717, 1.165) is 58.0 Å². The number of β-amino-alcohol motifs (C(OH)–C–C–N with tert-alkyl or cyclic N) is 1. The average molecular weight is 338 g/mol. The Bertz CT molecular complexity index is 482. The van der Waals surface area contributed by atoms with Gasteiger partial charge in [-0.25, -0.2) is 4.98 Å². The Balaban J connectivity index is 1.29. The van der Waals surface area contributed by atoms with Gasteiger partial charge in [0.15, 0.2) is 0 Å². The van der Waals surface area contributed by atoms with Crippen LogP contribution in [0, 0.1) is 0 Å². The van der Waals surface area contributed by atoms with Gasteiger partial charge in [0.25, 0.3) is 0 Å². The van der Waals surface area contributed by atoms with E-state index in [-0.39, 0.29) is 6.10 Å². The van der Waals surface area contributed by atoms with E-state index in [1.807, 2.05) is 19.4 Å². The van der Waals surface area contributed by atoms with Gasteiger partial charge < -0.3 is 19.1 Å². The predicted octanol–water partition coefficient (Wildman–Crippen LogP) is 0.0942. The van der Waals surface area contributed by atoms with Crippen molar-refractivity contribution in [1.82, 2.24) is 19.4 Å². The maximum atomic E-state index is 10.2. The number of imidazole rings is 1. The molecule has 0 unspecified atom stereocenters. The van der Waals surface area contributed by atoms with E-state index in [9.17, 15) is 5.11 Å². The first-order valence-electron chi connectivity index (χ1n) is 8.99. The molecule has 3 heterocycles. The third kappa shape index (κ3) is 5.26. The summed E-state index contributed by atoms with van der Waals surface area (Å²) in [5, 5.41) is 10.2. The first-order valence-corrected chi connectivity index (χ1v) is 8.99. The largest absolute Gasteiger partial charge is 0.389 e. The predicted molar refractivity (Wildman–Crippen MR) is 90.7 cm³/mol. The Morgan fingerprint density at radius 3 is 2.79 bits per heavy atom. The van der Waals surface area contributed by atoms with Crippen LogP contribution >= 0.6 is 0 Å². The highest BCUT2D eigenvalue weighted by molar-refractivity contribution is 4.91. The highest BCUT2D eigenvalue weighted by atomic mass is 16.5. The molecule has 7 nitrogen and oxygen atoms in total. The van der Waals surface area contributed by atoms with Gasteiger partial charge in [-0.1, -0.05) is 0 Å². The summed E-state index contributed by atoms with van der Waals surface area (Å²) in [5.74, 6) is 1.10. The molecule has 2 atom stereocenters. The second kappa shape index (κ2) is 8.92. The second-order valence-corrected chi connectivity index (χ2v) is 6.86. The summed E-state index contributed by atoms with van der Waals surface area (Å²) < 4.78 is 13.2. The lowest BCUT2D eigenvalue weighted by atomic mass is 10.2. The number of nitrogens with zero attached hydrogens (tertiary/aromatic N) is 4. The highest BCUT2D eigenvalue weighted by Gasteiger charge is 2.21. The van der Waals surface area contributed by atoms with E-state index in [2.05, 4.69) is 19.4 Å². The van der Waals surface area contributed by atoms with Crippen LogP contribution in [0.15, 0.2) is 12.4 Å². The minimum absolute atomic E-state index is 0.229. The smallest absolute Gasteiger partial charge is 0.122 e. The van der Waals surface area contributed by atoms with Gasteiger partial charge in [-0.2, -0.15) is 0 Å². The monoisotopic (exact) mass is 338 g/mol. The maximum Gasteiger partial charge on any atom is 0.122 e. The van der Waals surface area contributed by atoms with Gasteiger partial charge >= 0.3 is 0 Å². The molecule has 2 aliphatic rings. The van der Waals surface area contributed by atoms with E-state index < -0.39 is 6.10 Å². The molecule has 0 bridgehead atoms. The fourth-order valence-corrected chi connectivity index (χ4v) is 3.34. The number of hydrogen-bond acceptors (Lipinski definition) is 6. The number of hydrogen-bond donors (Lipinski definition) is 1. The molecule has 0 saturated carbocycles. The molecule has 0 amide bonds. The standard InChI is InChI=1S/C17H30N4O3/c1-19-5-4-18-17(19)12-21-8-6-20(7-9-21)11-15(22)13-23-14-16-3-2-10-24-16/h4-5,15-16,22H,2-3,6-14H2,1H3/t15-,16-/m0/s1. The van der Waals surface area contributed by atoms with Gasteiger partial charge in [0.1, 0.15) is 5.82 Å². The van der Waals surface area contributed by atoms with E-state index in [0.29, 0.717) is 19.8 Å². The quantitative estimate of drug-likeness (QED) is 0.725. The van der Waals surface area contributed by atoms with Crippen molar-refractivity contribution < 1.29 is 14.6 Å². The molecule has 0 aliphatic carbocycles. The molecule has 24 heavy (non-hydrogen) atoms. The van der Waals surface area contributed by atoms with Crippen molar-refractivity contribution in [2.45, 2.75) is 31.6 Å². The van der Waals surface area contributed by atoms with Crippen LogP contribution in [0.25, 0.3) is 0 Å². The van der Waals surface area contributed by atoms with E-state index in [4.69, 9.17) is 9.47 Å². The van der Waals surface area contributed by atoms with Gasteiger partial charge in [0.2, 0.25) is 0 Å². The van der Waals surface area contributed by atoms with Crippen molar-refractivity contribution in [3.05, 3.63) is 18.2 Å². The van der Waals surface area contributed by atoms with Crippen molar-refractivity contribution in [2.75, 3.05) is 52.5 Å². The van der Waals surface area contributed by atoms with Crippen LogP contribution in [-0.4, -0.2) is 89.2 Å². The summed E-state index contributed by atoms with van der Waals surface area (Å²) in [6.07, 6.45) is 5.84. The van der Waals surface area contributed by atoms with Crippen molar-refractivity contribution >= 4 is 0 Å². The lowest BCUT2D eigenvalue weighted by molar-refractivity contribution is -0.0288. The normalized spacial score (nSPS) is 24.5. The molecule has 1 aromatic heterocycles. The molecule has 1 N–H and O–H groups in total. The van der Waals surface area contributed by atoms with Crippen molar-refractivity contribution in [1.29, 1.82) is 0 Å². The molecule has 0 radical (unpaired) electrons. The third-order valence-electron chi connectivity index (χ3n) is 4.86. The SMILES string of the molecule is Cn1ccnc1CN1CCN(C[C@H](O)COC[C@@H]2CCCO2)CC1. The average Bonchev–Trinajstić information content (AvgIpc) is 3.22. The zero-order chi connectivity index (χ0) is 16.8.